The second-order valence-electron chi connectivity index (χ2n) is 4.59. The second-order valence-corrected chi connectivity index (χ2v) is 4.59. The van der Waals surface area contributed by atoms with Crippen molar-refractivity contribution < 1.29 is 9.63 Å². The molecular formula is C11H19N3O2. The number of nitrogens with zero attached hydrogens (tertiary/aromatic N) is 2. The number of aryl methyl sites for hydroxylation is 1. The fraction of sp³-hybridized carbons (Fsp3) is 0.818. The minimum atomic E-state index is -0.481. The Hall–Kier alpha value is -0.940. The fourth-order valence-electron chi connectivity index (χ4n) is 2.17. The number of aromatic nitrogens is 2. The maximum absolute atomic E-state index is 10.1. The van der Waals surface area contributed by atoms with Crippen LogP contribution in [0.3, 0.4) is 0 Å². The highest BCUT2D eigenvalue weighted by Crippen LogP contribution is 2.28. The molecule has 0 aromatic carbocycles. The smallest absolute Gasteiger partial charge is 0.227 e. The number of hydrogen-bond donors (Lipinski definition) is 2. The van der Waals surface area contributed by atoms with E-state index in [2.05, 4.69) is 15.5 Å². The molecule has 1 aromatic heterocycles. The highest BCUT2D eigenvalue weighted by Gasteiger charge is 2.30. The van der Waals surface area contributed by atoms with Crippen molar-refractivity contribution in [3.63, 3.8) is 0 Å². The van der Waals surface area contributed by atoms with Crippen molar-refractivity contribution in [1.82, 2.24) is 15.5 Å². The predicted octanol–water partition coefficient (Wildman–Crippen LogP) is 0.815. The van der Waals surface area contributed by atoms with Gasteiger partial charge in [0, 0.05) is 19.5 Å². The zero-order valence-electron chi connectivity index (χ0n) is 9.70. The third kappa shape index (κ3) is 3.02. The van der Waals surface area contributed by atoms with E-state index in [1.807, 2.05) is 6.92 Å². The second kappa shape index (κ2) is 4.93. The van der Waals surface area contributed by atoms with Crippen LogP contribution in [0.5, 0.6) is 0 Å². The van der Waals surface area contributed by atoms with Gasteiger partial charge in [-0.2, -0.15) is 4.98 Å². The zero-order valence-corrected chi connectivity index (χ0v) is 9.70. The molecule has 0 bridgehead atoms. The summed E-state index contributed by atoms with van der Waals surface area (Å²) in [5.41, 5.74) is -0.481. The van der Waals surface area contributed by atoms with Crippen LogP contribution in [0.1, 0.15) is 37.4 Å². The number of nitrogens with one attached hydrogen (secondary N) is 1. The van der Waals surface area contributed by atoms with E-state index in [0.29, 0.717) is 18.3 Å². The highest BCUT2D eigenvalue weighted by molar-refractivity contribution is 4.87. The maximum Gasteiger partial charge on any atom is 0.227 e. The lowest BCUT2D eigenvalue weighted by molar-refractivity contribution is 0.0479. The van der Waals surface area contributed by atoms with Crippen LogP contribution in [-0.2, 0) is 6.42 Å². The molecule has 1 aliphatic rings. The lowest BCUT2D eigenvalue weighted by atomic mass is 10.0. The van der Waals surface area contributed by atoms with Crippen molar-refractivity contribution in [3.05, 3.63) is 11.7 Å². The quantitative estimate of drug-likeness (QED) is 0.726. The molecule has 1 fully saturated rings. The molecule has 0 aliphatic heterocycles. The van der Waals surface area contributed by atoms with Crippen LogP contribution < -0.4 is 5.32 Å². The van der Waals surface area contributed by atoms with Crippen molar-refractivity contribution in [2.45, 2.75) is 44.6 Å². The standard InChI is InChI=1S/C11H19N3O2/c1-9-13-10(16-14-9)4-7-12-8-11(15)5-2-3-6-11/h12,15H,2-8H2,1H3. The van der Waals surface area contributed by atoms with E-state index in [4.69, 9.17) is 4.52 Å². The Morgan fingerprint density at radius 3 is 2.81 bits per heavy atom. The average Bonchev–Trinajstić information content (AvgIpc) is 2.84. The molecule has 1 aliphatic carbocycles. The largest absolute Gasteiger partial charge is 0.389 e. The molecule has 0 saturated heterocycles. The number of rotatable bonds is 5. The van der Waals surface area contributed by atoms with E-state index in [1.54, 1.807) is 0 Å². The summed E-state index contributed by atoms with van der Waals surface area (Å²) in [4.78, 5) is 4.12. The van der Waals surface area contributed by atoms with E-state index in [-0.39, 0.29) is 0 Å². The van der Waals surface area contributed by atoms with Crippen LogP contribution >= 0.6 is 0 Å². The molecule has 2 N–H and O–H groups in total. The van der Waals surface area contributed by atoms with Gasteiger partial charge in [0.15, 0.2) is 5.82 Å². The third-order valence-corrected chi connectivity index (χ3v) is 3.07. The third-order valence-electron chi connectivity index (χ3n) is 3.07. The Labute approximate surface area is 95.2 Å². The maximum atomic E-state index is 10.1. The van der Waals surface area contributed by atoms with Gasteiger partial charge in [0.25, 0.3) is 0 Å². The summed E-state index contributed by atoms with van der Waals surface area (Å²) in [6, 6.07) is 0. The summed E-state index contributed by atoms with van der Waals surface area (Å²) in [7, 11) is 0. The molecule has 5 heteroatoms. The van der Waals surface area contributed by atoms with Gasteiger partial charge in [0.05, 0.1) is 5.60 Å². The summed E-state index contributed by atoms with van der Waals surface area (Å²) >= 11 is 0. The highest BCUT2D eigenvalue weighted by atomic mass is 16.5. The van der Waals surface area contributed by atoms with Crippen LogP contribution in [-0.4, -0.2) is 33.9 Å². The monoisotopic (exact) mass is 225 g/mol. The molecule has 0 unspecified atom stereocenters. The van der Waals surface area contributed by atoms with E-state index in [9.17, 15) is 5.11 Å². The van der Waals surface area contributed by atoms with Crippen LogP contribution in [0.2, 0.25) is 0 Å². The van der Waals surface area contributed by atoms with Gasteiger partial charge < -0.3 is 14.9 Å². The zero-order chi connectivity index (χ0) is 11.4. The molecule has 0 spiro atoms. The van der Waals surface area contributed by atoms with E-state index < -0.39 is 5.60 Å². The van der Waals surface area contributed by atoms with Gasteiger partial charge in [-0.05, 0) is 19.8 Å². The normalized spacial score (nSPS) is 19.1. The molecule has 16 heavy (non-hydrogen) atoms. The molecule has 1 heterocycles. The lowest BCUT2D eigenvalue weighted by Crippen LogP contribution is -2.38. The van der Waals surface area contributed by atoms with Crippen molar-refractivity contribution in [2.75, 3.05) is 13.1 Å². The number of aliphatic hydroxyl groups is 1. The van der Waals surface area contributed by atoms with E-state index in [1.165, 1.54) is 0 Å². The van der Waals surface area contributed by atoms with Crippen molar-refractivity contribution in [1.29, 1.82) is 0 Å². The summed E-state index contributed by atoms with van der Waals surface area (Å²) in [6.07, 6.45) is 4.83. The minimum absolute atomic E-state index is 0.481. The molecule has 5 nitrogen and oxygen atoms in total. The van der Waals surface area contributed by atoms with Crippen molar-refractivity contribution >= 4 is 0 Å². The summed E-state index contributed by atoms with van der Waals surface area (Å²) in [6.45, 7) is 3.24. The Morgan fingerprint density at radius 2 is 2.19 bits per heavy atom. The van der Waals surface area contributed by atoms with Crippen LogP contribution in [0, 0.1) is 6.92 Å². The predicted molar refractivity (Wildman–Crippen MR) is 59.0 cm³/mol. The molecule has 2 rings (SSSR count). The van der Waals surface area contributed by atoms with Gasteiger partial charge in [-0.1, -0.05) is 18.0 Å². The lowest BCUT2D eigenvalue weighted by Gasteiger charge is -2.22. The topological polar surface area (TPSA) is 71.2 Å². The van der Waals surface area contributed by atoms with Crippen molar-refractivity contribution in [2.24, 2.45) is 0 Å². The molecule has 0 amide bonds. The molecule has 0 radical (unpaired) electrons. The summed E-state index contributed by atoms with van der Waals surface area (Å²) in [5, 5.41) is 17.0. The van der Waals surface area contributed by atoms with E-state index in [0.717, 1.165) is 38.6 Å². The van der Waals surface area contributed by atoms with Gasteiger partial charge in [-0.3, -0.25) is 0 Å². The first-order valence-electron chi connectivity index (χ1n) is 5.90. The first kappa shape index (κ1) is 11.5. The fourth-order valence-corrected chi connectivity index (χ4v) is 2.17. The van der Waals surface area contributed by atoms with Gasteiger partial charge in [0.1, 0.15) is 0 Å². The Morgan fingerprint density at radius 1 is 1.44 bits per heavy atom. The van der Waals surface area contributed by atoms with Crippen LogP contribution in [0.25, 0.3) is 0 Å². The average molecular weight is 225 g/mol. The summed E-state index contributed by atoms with van der Waals surface area (Å²) < 4.78 is 5.00. The Bertz CT molecular complexity index is 332. The Balaban J connectivity index is 1.65. The summed E-state index contributed by atoms with van der Waals surface area (Å²) in [5.74, 6) is 1.33. The van der Waals surface area contributed by atoms with Crippen molar-refractivity contribution in [3.8, 4) is 0 Å². The van der Waals surface area contributed by atoms with E-state index >= 15 is 0 Å². The van der Waals surface area contributed by atoms with Crippen LogP contribution in [0.15, 0.2) is 4.52 Å². The first-order chi connectivity index (χ1) is 7.68. The van der Waals surface area contributed by atoms with Gasteiger partial charge in [-0.25, -0.2) is 0 Å². The molecular weight excluding hydrogens is 206 g/mol. The first-order valence-corrected chi connectivity index (χ1v) is 5.90. The minimum Gasteiger partial charge on any atom is -0.389 e. The Kier molecular flexibility index (Phi) is 3.56. The van der Waals surface area contributed by atoms with Gasteiger partial charge >= 0.3 is 0 Å². The molecule has 0 atom stereocenters. The SMILES string of the molecule is Cc1noc(CCNCC2(O)CCCC2)n1. The molecule has 1 saturated carbocycles. The molecule has 90 valence electrons. The van der Waals surface area contributed by atoms with Crippen LogP contribution in [0.4, 0.5) is 0 Å². The van der Waals surface area contributed by atoms with Gasteiger partial charge in [-0.15, -0.1) is 0 Å². The molecule has 1 aromatic rings. The van der Waals surface area contributed by atoms with Gasteiger partial charge in [0.2, 0.25) is 5.89 Å². The number of hydrogen-bond acceptors (Lipinski definition) is 5.